The van der Waals surface area contributed by atoms with Crippen molar-refractivity contribution in [1.82, 2.24) is 9.47 Å². The molecule has 1 aromatic heterocycles. The third-order valence-electron chi connectivity index (χ3n) is 5.51. The first-order valence-corrected chi connectivity index (χ1v) is 11.0. The fraction of sp³-hybridized carbons (Fsp3) is 0.318. The van der Waals surface area contributed by atoms with E-state index in [4.69, 9.17) is 14.9 Å². The Balaban J connectivity index is 1.60. The molecule has 0 unspecified atom stereocenters. The maximum atomic E-state index is 12.8. The van der Waals surface area contributed by atoms with Gasteiger partial charge in [0.2, 0.25) is 5.91 Å². The highest BCUT2D eigenvalue weighted by Gasteiger charge is 2.20. The van der Waals surface area contributed by atoms with Gasteiger partial charge in [-0.1, -0.05) is 0 Å². The monoisotopic (exact) mass is 502 g/mol. The van der Waals surface area contributed by atoms with Crippen LogP contribution in [0.2, 0.25) is 0 Å². The van der Waals surface area contributed by atoms with Crippen LogP contribution in [0.1, 0.15) is 29.6 Å². The number of anilines is 2. The number of aromatic nitrogens is 1. The van der Waals surface area contributed by atoms with Crippen LogP contribution < -0.4 is 21.5 Å². The molecule has 0 atom stereocenters. The number of nitrogens with two attached hydrogens (primary N) is 1. The number of fused-ring (bicyclic) bond motifs is 1. The molecule has 9 nitrogen and oxygen atoms in total. The third-order valence-corrected chi connectivity index (χ3v) is 6.17. The molecule has 1 aliphatic heterocycles. The number of piperidine rings is 1. The number of hydrogen-bond acceptors (Lipinski definition) is 6. The Hall–Kier alpha value is -3.27. The van der Waals surface area contributed by atoms with Crippen molar-refractivity contribution in [2.45, 2.75) is 25.8 Å². The minimum atomic E-state index is -0.616. The quantitative estimate of drug-likeness (QED) is 0.516. The van der Waals surface area contributed by atoms with Gasteiger partial charge in [-0.15, -0.1) is 0 Å². The van der Waals surface area contributed by atoms with Crippen LogP contribution in [0.15, 0.2) is 44.0 Å². The van der Waals surface area contributed by atoms with Crippen LogP contribution >= 0.6 is 15.9 Å². The predicted octanol–water partition coefficient (Wildman–Crippen LogP) is 3.21. The second kappa shape index (κ2) is 9.07. The van der Waals surface area contributed by atoms with Crippen molar-refractivity contribution in [1.29, 1.82) is 0 Å². The van der Waals surface area contributed by atoms with E-state index in [-0.39, 0.29) is 23.7 Å². The molecule has 2 amide bonds. The average molecular weight is 503 g/mol. The number of likely N-dealkylation sites (tertiary alicyclic amines) is 1. The van der Waals surface area contributed by atoms with Gasteiger partial charge < -0.3 is 25.1 Å². The molecule has 3 N–H and O–H groups in total. The molecule has 2 heterocycles. The minimum Gasteiger partial charge on any atom is -0.497 e. The number of amides is 2. The Morgan fingerprint density at radius 1 is 1.19 bits per heavy atom. The van der Waals surface area contributed by atoms with Crippen LogP contribution in [0.25, 0.3) is 11.1 Å². The first kappa shape index (κ1) is 21.9. The summed E-state index contributed by atoms with van der Waals surface area (Å²) in [7, 11) is 1.50. The van der Waals surface area contributed by atoms with Gasteiger partial charge in [0.05, 0.1) is 23.9 Å². The largest absolute Gasteiger partial charge is 0.497 e. The fourth-order valence-electron chi connectivity index (χ4n) is 3.77. The van der Waals surface area contributed by atoms with Gasteiger partial charge in [0, 0.05) is 23.2 Å². The summed E-state index contributed by atoms with van der Waals surface area (Å²) in [6.45, 7) is 1.28. The maximum absolute atomic E-state index is 12.8. The molecular formula is C22H23BrN4O5. The average Bonchev–Trinajstić information content (AvgIpc) is 3.10. The molecule has 0 spiro atoms. The highest BCUT2D eigenvalue weighted by molar-refractivity contribution is 9.10. The highest BCUT2D eigenvalue weighted by atomic mass is 79.9. The van der Waals surface area contributed by atoms with Crippen molar-refractivity contribution in [3.05, 3.63) is 50.9 Å². The van der Waals surface area contributed by atoms with E-state index in [0.29, 0.717) is 40.1 Å². The normalized spacial score (nSPS) is 13.9. The summed E-state index contributed by atoms with van der Waals surface area (Å²) in [4.78, 5) is 39.6. The molecule has 3 aromatic rings. The number of halogens is 1. The molecule has 2 aromatic carbocycles. The summed E-state index contributed by atoms with van der Waals surface area (Å²) in [6.07, 6.45) is 3.04. The van der Waals surface area contributed by atoms with Crippen LogP contribution in [0.3, 0.4) is 0 Å². The van der Waals surface area contributed by atoms with Crippen molar-refractivity contribution in [3.8, 4) is 5.75 Å². The number of methoxy groups -OCH3 is 1. The molecule has 0 aliphatic carbocycles. The molecule has 0 saturated carbocycles. The first-order chi connectivity index (χ1) is 15.4. The molecular weight excluding hydrogens is 480 g/mol. The maximum Gasteiger partial charge on any atom is 0.420 e. The van der Waals surface area contributed by atoms with Crippen LogP contribution in [0, 0.1) is 0 Å². The SMILES string of the molecule is COc1cc(Br)c(N)c(C(=O)Nc2ccc3oc(=O)n(CC(=O)N4CCCCC4)c3c2)c1. The van der Waals surface area contributed by atoms with Crippen molar-refractivity contribution >= 4 is 50.2 Å². The lowest BCUT2D eigenvalue weighted by Crippen LogP contribution is -2.39. The zero-order chi connectivity index (χ0) is 22.8. The summed E-state index contributed by atoms with van der Waals surface area (Å²) in [5.74, 6) is -0.706. The minimum absolute atomic E-state index is 0.112. The molecule has 1 aliphatic rings. The lowest BCUT2D eigenvalue weighted by molar-refractivity contribution is -0.132. The molecule has 4 rings (SSSR count). The van der Waals surface area contributed by atoms with E-state index in [9.17, 15) is 14.4 Å². The van der Waals surface area contributed by atoms with Crippen LogP contribution in [-0.2, 0) is 11.3 Å². The van der Waals surface area contributed by atoms with Crippen LogP contribution in [0.5, 0.6) is 5.75 Å². The van der Waals surface area contributed by atoms with Crippen molar-refractivity contribution < 1.29 is 18.7 Å². The lowest BCUT2D eigenvalue weighted by atomic mass is 10.1. The van der Waals surface area contributed by atoms with Gasteiger partial charge in [-0.25, -0.2) is 4.79 Å². The molecule has 1 saturated heterocycles. The summed E-state index contributed by atoms with van der Waals surface area (Å²) in [5, 5.41) is 2.78. The van der Waals surface area contributed by atoms with Crippen molar-refractivity contribution in [2.24, 2.45) is 0 Å². The lowest BCUT2D eigenvalue weighted by Gasteiger charge is -2.26. The van der Waals surface area contributed by atoms with Gasteiger partial charge in [-0.3, -0.25) is 14.2 Å². The van der Waals surface area contributed by atoms with Gasteiger partial charge in [0.15, 0.2) is 5.58 Å². The Bertz CT molecular complexity index is 1240. The van der Waals surface area contributed by atoms with Gasteiger partial charge in [0.25, 0.3) is 5.91 Å². The number of nitrogens with one attached hydrogen (secondary N) is 1. The van der Waals surface area contributed by atoms with Crippen molar-refractivity contribution in [3.63, 3.8) is 0 Å². The van der Waals surface area contributed by atoms with E-state index in [1.807, 2.05) is 0 Å². The van der Waals surface area contributed by atoms with Gasteiger partial charge in [0.1, 0.15) is 12.3 Å². The molecule has 0 bridgehead atoms. The zero-order valence-electron chi connectivity index (χ0n) is 17.5. The van der Waals surface area contributed by atoms with Gasteiger partial charge >= 0.3 is 5.76 Å². The van der Waals surface area contributed by atoms with E-state index in [1.165, 1.54) is 11.7 Å². The number of rotatable bonds is 5. The van der Waals surface area contributed by atoms with Crippen molar-refractivity contribution in [2.75, 3.05) is 31.2 Å². The van der Waals surface area contributed by atoms with Gasteiger partial charge in [-0.05, 0) is 65.5 Å². The summed E-state index contributed by atoms with van der Waals surface area (Å²) < 4.78 is 12.3. The topological polar surface area (TPSA) is 120 Å². The molecule has 168 valence electrons. The Morgan fingerprint density at radius 3 is 2.66 bits per heavy atom. The number of carbonyl (C=O) groups is 2. The number of benzene rings is 2. The number of carbonyl (C=O) groups excluding carboxylic acids is 2. The summed E-state index contributed by atoms with van der Waals surface area (Å²) in [6, 6.07) is 8.01. The second-order valence-electron chi connectivity index (χ2n) is 7.60. The number of ether oxygens (including phenoxy) is 1. The Kier molecular flexibility index (Phi) is 6.22. The Morgan fingerprint density at radius 2 is 1.94 bits per heavy atom. The van der Waals surface area contributed by atoms with Crippen LogP contribution in [-0.4, -0.2) is 41.5 Å². The molecule has 1 fully saturated rings. The summed E-state index contributed by atoms with van der Waals surface area (Å²) >= 11 is 3.32. The van der Waals surface area contributed by atoms with E-state index in [0.717, 1.165) is 19.3 Å². The third kappa shape index (κ3) is 4.36. The van der Waals surface area contributed by atoms with Gasteiger partial charge in [-0.2, -0.15) is 0 Å². The second-order valence-corrected chi connectivity index (χ2v) is 8.46. The summed E-state index contributed by atoms with van der Waals surface area (Å²) in [5.41, 5.74) is 7.75. The number of hydrogen-bond donors (Lipinski definition) is 2. The number of nitrogen functional groups attached to an aromatic ring is 1. The zero-order valence-corrected chi connectivity index (χ0v) is 19.1. The number of nitrogens with zero attached hydrogens (tertiary/aromatic N) is 2. The van der Waals surface area contributed by atoms with Crippen LogP contribution in [0.4, 0.5) is 11.4 Å². The Labute approximate surface area is 192 Å². The van der Waals surface area contributed by atoms with E-state index in [1.54, 1.807) is 35.2 Å². The standard InChI is InChI=1S/C22H23BrN4O5/c1-31-14-10-15(20(24)16(23)11-14)21(29)25-13-5-6-18-17(9-13)27(22(30)32-18)12-19(28)26-7-3-2-4-8-26/h5-6,9-11H,2-4,7-8,12,24H2,1H3,(H,25,29). The molecule has 32 heavy (non-hydrogen) atoms. The highest BCUT2D eigenvalue weighted by Crippen LogP contribution is 2.30. The van der Waals surface area contributed by atoms with E-state index in [2.05, 4.69) is 21.2 Å². The number of oxazole rings is 1. The van der Waals surface area contributed by atoms with E-state index < -0.39 is 11.7 Å². The smallest absolute Gasteiger partial charge is 0.420 e. The predicted molar refractivity (Wildman–Crippen MR) is 124 cm³/mol. The van der Waals surface area contributed by atoms with E-state index >= 15 is 0 Å². The fourth-order valence-corrected chi connectivity index (χ4v) is 4.20. The first-order valence-electron chi connectivity index (χ1n) is 10.2. The molecule has 0 radical (unpaired) electrons. The molecule has 10 heteroatoms.